The highest BCUT2D eigenvalue weighted by molar-refractivity contribution is 7.16. The number of carbonyl (C=O) groups excluding carboxylic acids is 2. The summed E-state index contributed by atoms with van der Waals surface area (Å²) in [4.78, 5) is 29.2. The predicted molar refractivity (Wildman–Crippen MR) is 119 cm³/mol. The minimum absolute atomic E-state index is 0.0468. The summed E-state index contributed by atoms with van der Waals surface area (Å²) in [5.41, 5.74) is 2.18. The molecular weight excluding hydrogens is 462 g/mol. The number of hydrogen-bond donors (Lipinski definition) is 3. The van der Waals surface area contributed by atoms with Crippen LogP contribution in [0.2, 0.25) is 5.02 Å². The summed E-state index contributed by atoms with van der Waals surface area (Å²) >= 11 is 7.08. The van der Waals surface area contributed by atoms with Gasteiger partial charge in [-0.15, -0.1) is 11.3 Å². The van der Waals surface area contributed by atoms with Crippen LogP contribution in [0.1, 0.15) is 10.4 Å². The van der Waals surface area contributed by atoms with E-state index in [9.17, 15) is 18.4 Å². The van der Waals surface area contributed by atoms with E-state index in [2.05, 4.69) is 25.7 Å². The first kappa shape index (κ1) is 23.4. The summed E-state index contributed by atoms with van der Waals surface area (Å²) in [7, 11) is 0. The van der Waals surface area contributed by atoms with Gasteiger partial charge < -0.3 is 20.7 Å². The molecule has 3 N–H and O–H groups in total. The van der Waals surface area contributed by atoms with E-state index in [0.29, 0.717) is 28.0 Å². The van der Waals surface area contributed by atoms with Crippen molar-refractivity contribution in [3.05, 3.63) is 64.0 Å². The van der Waals surface area contributed by atoms with Crippen molar-refractivity contribution in [3.63, 3.8) is 0 Å². The number of aromatic nitrogens is 1. The lowest BCUT2D eigenvalue weighted by molar-refractivity contribution is -0.115. The second-order valence-electron chi connectivity index (χ2n) is 6.54. The number of hydrogen-bond acceptors (Lipinski definition) is 5. The predicted octanol–water partition coefficient (Wildman–Crippen LogP) is 4.81. The molecule has 0 aliphatic rings. The first-order valence-electron chi connectivity index (χ1n) is 9.39. The van der Waals surface area contributed by atoms with Crippen LogP contribution in [-0.4, -0.2) is 30.1 Å². The Morgan fingerprint density at radius 2 is 1.78 bits per heavy atom. The minimum atomic E-state index is -2.89. The number of nitrogens with one attached hydrogen (secondary N) is 3. The number of amides is 3. The van der Waals surface area contributed by atoms with Crippen molar-refractivity contribution in [1.29, 1.82) is 0 Å². The lowest BCUT2D eigenvalue weighted by Crippen LogP contribution is -2.39. The molecule has 3 rings (SSSR count). The Bertz CT molecular complexity index is 1080. The standard InChI is InChI=1S/C21H19ClF2N4O3S/c1-12-18(14-4-8-16(9-5-14)31-19(23)24)28-21(32-12)27-17(29)11-26-20(30)25-10-13-2-6-15(22)7-3-13/h2-9,19H,10-11H2,1H3,(H2,25,26,30)(H,27,28,29). The average molecular weight is 481 g/mol. The van der Waals surface area contributed by atoms with Gasteiger partial charge in [-0.2, -0.15) is 8.78 Å². The fraction of sp³-hybridized carbons (Fsp3) is 0.190. The topological polar surface area (TPSA) is 92.4 Å². The van der Waals surface area contributed by atoms with Crippen LogP contribution in [0.4, 0.5) is 18.7 Å². The van der Waals surface area contributed by atoms with Crippen molar-refractivity contribution in [2.24, 2.45) is 0 Å². The molecule has 7 nitrogen and oxygen atoms in total. The Kier molecular flexibility index (Phi) is 7.96. The molecule has 0 aliphatic heterocycles. The summed E-state index contributed by atoms with van der Waals surface area (Å²) in [6, 6.07) is 12.6. The molecule has 2 aromatic carbocycles. The van der Waals surface area contributed by atoms with Gasteiger partial charge in [0.05, 0.1) is 12.2 Å². The van der Waals surface area contributed by atoms with Crippen LogP contribution in [0.25, 0.3) is 11.3 Å². The van der Waals surface area contributed by atoms with Crippen molar-refractivity contribution in [1.82, 2.24) is 15.6 Å². The van der Waals surface area contributed by atoms with Gasteiger partial charge in [0.2, 0.25) is 5.91 Å². The number of halogens is 3. The molecule has 0 spiro atoms. The average Bonchev–Trinajstić information content (AvgIpc) is 3.11. The molecule has 3 amide bonds. The molecule has 1 heterocycles. The van der Waals surface area contributed by atoms with Crippen molar-refractivity contribution in [2.75, 3.05) is 11.9 Å². The van der Waals surface area contributed by atoms with E-state index in [0.717, 1.165) is 10.4 Å². The van der Waals surface area contributed by atoms with Gasteiger partial charge in [0.25, 0.3) is 0 Å². The van der Waals surface area contributed by atoms with Crippen LogP contribution < -0.4 is 20.7 Å². The maximum absolute atomic E-state index is 12.3. The third kappa shape index (κ3) is 6.89. The molecule has 0 saturated heterocycles. The van der Waals surface area contributed by atoms with Crippen molar-refractivity contribution >= 4 is 40.0 Å². The first-order chi connectivity index (χ1) is 15.3. The van der Waals surface area contributed by atoms with Crippen LogP contribution in [0.15, 0.2) is 48.5 Å². The number of aryl methyl sites for hydroxylation is 1. The van der Waals surface area contributed by atoms with Gasteiger partial charge in [-0.25, -0.2) is 9.78 Å². The van der Waals surface area contributed by atoms with E-state index >= 15 is 0 Å². The Balaban J connectivity index is 1.49. The third-order valence-electron chi connectivity index (χ3n) is 4.17. The van der Waals surface area contributed by atoms with Crippen molar-refractivity contribution in [3.8, 4) is 17.0 Å². The molecule has 0 bridgehead atoms. The van der Waals surface area contributed by atoms with E-state index < -0.39 is 18.5 Å². The smallest absolute Gasteiger partial charge is 0.387 e. The number of ether oxygens (including phenoxy) is 1. The quantitative estimate of drug-likeness (QED) is 0.431. The van der Waals surface area contributed by atoms with Gasteiger partial charge in [-0.1, -0.05) is 23.7 Å². The third-order valence-corrected chi connectivity index (χ3v) is 5.31. The fourth-order valence-corrected chi connectivity index (χ4v) is 3.66. The molecule has 168 valence electrons. The Morgan fingerprint density at radius 1 is 1.09 bits per heavy atom. The van der Waals surface area contributed by atoms with Crippen LogP contribution >= 0.6 is 22.9 Å². The summed E-state index contributed by atoms with van der Waals surface area (Å²) in [6.07, 6.45) is 0. The number of benzene rings is 2. The zero-order valence-electron chi connectivity index (χ0n) is 16.8. The minimum Gasteiger partial charge on any atom is -0.435 e. The lowest BCUT2D eigenvalue weighted by atomic mass is 10.1. The largest absolute Gasteiger partial charge is 0.435 e. The Labute approximate surface area is 191 Å². The molecule has 0 saturated carbocycles. The molecule has 0 atom stereocenters. The van der Waals surface area contributed by atoms with E-state index in [1.807, 2.05) is 6.92 Å². The number of alkyl halides is 2. The summed E-state index contributed by atoms with van der Waals surface area (Å²) in [5, 5.41) is 8.72. The summed E-state index contributed by atoms with van der Waals surface area (Å²) in [6.45, 7) is -1.01. The van der Waals surface area contributed by atoms with E-state index in [1.54, 1.807) is 36.4 Å². The second-order valence-corrected chi connectivity index (χ2v) is 8.18. The van der Waals surface area contributed by atoms with Crippen molar-refractivity contribution in [2.45, 2.75) is 20.1 Å². The van der Waals surface area contributed by atoms with Crippen LogP contribution in [0, 0.1) is 6.92 Å². The maximum atomic E-state index is 12.3. The molecule has 0 unspecified atom stereocenters. The highest BCUT2D eigenvalue weighted by Gasteiger charge is 2.13. The van der Waals surface area contributed by atoms with E-state index in [-0.39, 0.29) is 12.3 Å². The normalized spacial score (nSPS) is 10.7. The second kappa shape index (κ2) is 10.9. The van der Waals surface area contributed by atoms with Crippen LogP contribution in [-0.2, 0) is 11.3 Å². The van der Waals surface area contributed by atoms with Gasteiger partial charge in [0, 0.05) is 22.0 Å². The van der Waals surface area contributed by atoms with Gasteiger partial charge in [0.1, 0.15) is 5.75 Å². The van der Waals surface area contributed by atoms with Crippen molar-refractivity contribution < 1.29 is 23.1 Å². The Morgan fingerprint density at radius 3 is 2.44 bits per heavy atom. The monoisotopic (exact) mass is 480 g/mol. The highest BCUT2D eigenvalue weighted by atomic mass is 35.5. The van der Waals surface area contributed by atoms with Gasteiger partial charge in [-0.3, -0.25) is 4.79 Å². The van der Waals surface area contributed by atoms with Crippen LogP contribution in [0.5, 0.6) is 5.75 Å². The summed E-state index contributed by atoms with van der Waals surface area (Å²) in [5.74, 6) is -0.391. The molecular formula is C21H19ClF2N4O3S. The Hall–Kier alpha value is -3.24. The molecule has 1 aromatic heterocycles. The molecule has 0 fully saturated rings. The lowest BCUT2D eigenvalue weighted by Gasteiger charge is -2.07. The number of nitrogens with zero attached hydrogens (tertiary/aromatic N) is 1. The number of thiazole rings is 1. The highest BCUT2D eigenvalue weighted by Crippen LogP contribution is 2.31. The molecule has 0 radical (unpaired) electrons. The fourth-order valence-electron chi connectivity index (χ4n) is 2.68. The zero-order valence-corrected chi connectivity index (χ0v) is 18.4. The summed E-state index contributed by atoms with van der Waals surface area (Å²) < 4.78 is 28.9. The molecule has 11 heteroatoms. The van der Waals surface area contributed by atoms with Gasteiger partial charge in [-0.05, 0) is 48.9 Å². The van der Waals surface area contributed by atoms with Gasteiger partial charge >= 0.3 is 12.6 Å². The molecule has 3 aromatic rings. The van der Waals surface area contributed by atoms with Crippen LogP contribution in [0.3, 0.4) is 0 Å². The van der Waals surface area contributed by atoms with E-state index in [1.165, 1.54) is 23.5 Å². The zero-order chi connectivity index (χ0) is 23.1. The number of carbonyl (C=O) groups is 2. The van der Waals surface area contributed by atoms with E-state index in [4.69, 9.17) is 11.6 Å². The SMILES string of the molecule is Cc1sc(NC(=O)CNC(=O)NCc2ccc(Cl)cc2)nc1-c1ccc(OC(F)F)cc1. The number of anilines is 1. The number of urea groups is 1. The molecule has 0 aliphatic carbocycles. The van der Waals surface area contributed by atoms with Gasteiger partial charge in [0.15, 0.2) is 5.13 Å². The first-order valence-corrected chi connectivity index (χ1v) is 10.6. The maximum Gasteiger partial charge on any atom is 0.387 e. The molecule has 32 heavy (non-hydrogen) atoms. The number of rotatable bonds is 8.